The number of rotatable bonds is 2. The summed E-state index contributed by atoms with van der Waals surface area (Å²) in [5.74, 6) is -1.55. The van der Waals surface area contributed by atoms with Crippen LogP contribution >= 0.6 is 0 Å². The summed E-state index contributed by atoms with van der Waals surface area (Å²) < 4.78 is 18.5. The van der Waals surface area contributed by atoms with E-state index in [2.05, 4.69) is 4.98 Å². The molecule has 0 aliphatic rings. The Morgan fingerprint density at radius 2 is 2.12 bits per heavy atom. The van der Waals surface area contributed by atoms with Gasteiger partial charge < -0.3 is 9.52 Å². The first kappa shape index (κ1) is 10.4. The molecule has 0 unspecified atom stereocenters. The van der Waals surface area contributed by atoms with Crippen molar-refractivity contribution in [1.29, 1.82) is 0 Å². The van der Waals surface area contributed by atoms with Gasteiger partial charge >= 0.3 is 5.97 Å². The fraction of sp³-hybridized carbons (Fsp3) is 0.0909. The van der Waals surface area contributed by atoms with Gasteiger partial charge in [0.05, 0.1) is 5.56 Å². The maximum atomic E-state index is 13.4. The van der Waals surface area contributed by atoms with E-state index in [1.165, 1.54) is 25.1 Å². The first-order chi connectivity index (χ1) is 7.59. The first-order valence-electron chi connectivity index (χ1n) is 4.55. The average molecular weight is 221 g/mol. The molecule has 0 saturated carbocycles. The molecule has 2 rings (SSSR count). The molecule has 0 aliphatic carbocycles. The zero-order valence-corrected chi connectivity index (χ0v) is 8.40. The number of halogens is 1. The number of oxazole rings is 1. The zero-order valence-electron chi connectivity index (χ0n) is 8.40. The number of carboxylic acid groups (broad SMARTS) is 1. The van der Waals surface area contributed by atoms with E-state index >= 15 is 0 Å². The van der Waals surface area contributed by atoms with Gasteiger partial charge in [-0.05, 0) is 19.1 Å². The second-order valence-corrected chi connectivity index (χ2v) is 3.21. The van der Waals surface area contributed by atoms with Crippen molar-refractivity contribution in [3.8, 4) is 11.5 Å². The molecule has 2 aromatic rings. The number of aromatic carboxylic acids is 1. The molecule has 4 nitrogen and oxygen atoms in total. The van der Waals surface area contributed by atoms with E-state index in [1.54, 1.807) is 6.07 Å². The van der Waals surface area contributed by atoms with Crippen LogP contribution in [0.4, 0.5) is 4.39 Å². The standard InChI is InChI=1S/C11H8FNO3/c1-6-9(11(14)15)13-10(16-6)7-4-2-3-5-8(7)12/h2-5H,1H3,(H,14,15). The van der Waals surface area contributed by atoms with Crippen LogP contribution in [0.1, 0.15) is 16.2 Å². The fourth-order valence-corrected chi connectivity index (χ4v) is 1.34. The third-order valence-electron chi connectivity index (χ3n) is 2.10. The Bertz CT molecular complexity index is 548. The van der Waals surface area contributed by atoms with Crippen LogP contribution < -0.4 is 0 Å². The number of carbonyl (C=O) groups is 1. The van der Waals surface area contributed by atoms with Crippen LogP contribution in [0.5, 0.6) is 0 Å². The van der Waals surface area contributed by atoms with Crippen LogP contribution in [0, 0.1) is 12.7 Å². The Hall–Kier alpha value is -2.17. The predicted molar refractivity (Wildman–Crippen MR) is 53.6 cm³/mol. The number of hydrogen-bond donors (Lipinski definition) is 1. The summed E-state index contributed by atoms with van der Waals surface area (Å²) in [5, 5.41) is 8.78. The van der Waals surface area contributed by atoms with Crippen molar-refractivity contribution in [3.05, 3.63) is 41.5 Å². The van der Waals surface area contributed by atoms with Crippen LogP contribution in [0.15, 0.2) is 28.7 Å². The van der Waals surface area contributed by atoms with Gasteiger partial charge in [0.15, 0.2) is 5.69 Å². The van der Waals surface area contributed by atoms with Gasteiger partial charge in [-0.15, -0.1) is 0 Å². The molecule has 0 fully saturated rings. The molecule has 0 atom stereocenters. The molecule has 16 heavy (non-hydrogen) atoms. The van der Waals surface area contributed by atoms with Crippen molar-refractivity contribution in [1.82, 2.24) is 4.98 Å². The second kappa shape index (κ2) is 3.77. The van der Waals surface area contributed by atoms with Gasteiger partial charge in [0.1, 0.15) is 11.6 Å². The summed E-state index contributed by atoms with van der Waals surface area (Å²) in [7, 11) is 0. The average Bonchev–Trinajstić information content (AvgIpc) is 2.61. The highest BCUT2D eigenvalue weighted by atomic mass is 19.1. The molecule has 5 heteroatoms. The Labute approximate surface area is 90.4 Å². The summed E-state index contributed by atoms with van der Waals surface area (Å²) in [6.07, 6.45) is 0. The summed E-state index contributed by atoms with van der Waals surface area (Å²) in [6, 6.07) is 5.90. The second-order valence-electron chi connectivity index (χ2n) is 3.21. The highest BCUT2D eigenvalue weighted by molar-refractivity contribution is 5.87. The smallest absolute Gasteiger partial charge is 0.358 e. The Morgan fingerprint density at radius 3 is 2.69 bits per heavy atom. The Kier molecular flexibility index (Phi) is 2.44. The van der Waals surface area contributed by atoms with E-state index in [0.717, 1.165) is 0 Å². The molecular formula is C11H8FNO3. The van der Waals surface area contributed by atoms with Crippen molar-refractivity contribution >= 4 is 5.97 Å². The Balaban J connectivity index is 2.54. The maximum absolute atomic E-state index is 13.4. The minimum absolute atomic E-state index is 0.0204. The molecule has 0 aliphatic heterocycles. The fourth-order valence-electron chi connectivity index (χ4n) is 1.34. The number of benzene rings is 1. The van der Waals surface area contributed by atoms with Crippen LogP contribution in [-0.4, -0.2) is 16.1 Å². The number of aromatic nitrogens is 1. The van der Waals surface area contributed by atoms with Gasteiger partial charge in [0.2, 0.25) is 5.89 Å². The minimum atomic E-state index is -1.19. The van der Waals surface area contributed by atoms with Gasteiger partial charge in [-0.1, -0.05) is 12.1 Å². The highest BCUT2D eigenvalue weighted by Gasteiger charge is 2.18. The third-order valence-corrected chi connectivity index (χ3v) is 2.10. The van der Waals surface area contributed by atoms with Crippen molar-refractivity contribution in [2.45, 2.75) is 6.92 Å². The lowest BCUT2D eigenvalue weighted by Gasteiger charge is -1.95. The monoisotopic (exact) mass is 221 g/mol. The zero-order chi connectivity index (χ0) is 11.7. The molecule has 1 aromatic carbocycles. The molecule has 0 bridgehead atoms. The van der Waals surface area contributed by atoms with E-state index in [1.807, 2.05) is 0 Å². The number of aryl methyl sites for hydroxylation is 1. The van der Waals surface area contributed by atoms with Crippen LogP contribution in [0.2, 0.25) is 0 Å². The lowest BCUT2D eigenvalue weighted by molar-refractivity contribution is 0.0689. The van der Waals surface area contributed by atoms with E-state index in [-0.39, 0.29) is 22.9 Å². The molecule has 0 radical (unpaired) electrons. The summed E-state index contributed by atoms with van der Waals surface area (Å²) in [4.78, 5) is 14.5. The van der Waals surface area contributed by atoms with Crippen LogP contribution in [0.25, 0.3) is 11.5 Å². The molecule has 0 amide bonds. The number of hydrogen-bond acceptors (Lipinski definition) is 3. The van der Waals surface area contributed by atoms with Gasteiger partial charge in [-0.3, -0.25) is 0 Å². The van der Waals surface area contributed by atoms with Crippen LogP contribution in [0.3, 0.4) is 0 Å². The number of nitrogens with zero attached hydrogens (tertiary/aromatic N) is 1. The normalized spacial score (nSPS) is 10.4. The highest BCUT2D eigenvalue weighted by Crippen LogP contribution is 2.23. The lowest BCUT2D eigenvalue weighted by atomic mass is 10.2. The van der Waals surface area contributed by atoms with E-state index in [0.29, 0.717) is 0 Å². The quantitative estimate of drug-likeness (QED) is 0.846. The van der Waals surface area contributed by atoms with Crippen molar-refractivity contribution in [3.63, 3.8) is 0 Å². The topological polar surface area (TPSA) is 63.3 Å². The molecule has 82 valence electrons. The molecule has 1 N–H and O–H groups in total. The molecule has 1 aromatic heterocycles. The third kappa shape index (κ3) is 1.67. The minimum Gasteiger partial charge on any atom is -0.476 e. The summed E-state index contributed by atoms with van der Waals surface area (Å²) in [5.41, 5.74) is -0.0450. The summed E-state index contributed by atoms with van der Waals surface area (Å²) >= 11 is 0. The predicted octanol–water partition coefficient (Wildman–Crippen LogP) is 2.49. The van der Waals surface area contributed by atoms with Crippen molar-refractivity contribution in [2.75, 3.05) is 0 Å². The van der Waals surface area contributed by atoms with Crippen LogP contribution in [-0.2, 0) is 0 Å². The largest absolute Gasteiger partial charge is 0.476 e. The molecular weight excluding hydrogens is 213 g/mol. The summed E-state index contributed by atoms with van der Waals surface area (Å²) in [6.45, 7) is 1.47. The van der Waals surface area contributed by atoms with Crippen molar-refractivity contribution in [2.24, 2.45) is 0 Å². The molecule has 0 saturated heterocycles. The Morgan fingerprint density at radius 1 is 1.44 bits per heavy atom. The lowest BCUT2D eigenvalue weighted by Crippen LogP contribution is -1.98. The van der Waals surface area contributed by atoms with Gasteiger partial charge in [-0.25, -0.2) is 14.2 Å². The van der Waals surface area contributed by atoms with Gasteiger partial charge in [-0.2, -0.15) is 0 Å². The number of carboxylic acids is 1. The SMILES string of the molecule is Cc1oc(-c2ccccc2F)nc1C(=O)O. The molecule has 1 heterocycles. The first-order valence-corrected chi connectivity index (χ1v) is 4.55. The van der Waals surface area contributed by atoms with E-state index in [9.17, 15) is 9.18 Å². The van der Waals surface area contributed by atoms with Gasteiger partial charge in [0.25, 0.3) is 0 Å². The maximum Gasteiger partial charge on any atom is 0.358 e. The van der Waals surface area contributed by atoms with Crippen molar-refractivity contribution < 1.29 is 18.7 Å². The van der Waals surface area contributed by atoms with E-state index in [4.69, 9.17) is 9.52 Å². The van der Waals surface area contributed by atoms with Gasteiger partial charge in [0, 0.05) is 0 Å². The van der Waals surface area contributed by atoms with E-state index < -0.39 is 11.8 Å². The molecule has 0 spiro atoms.